The van der Waals surface area contributed by atoms with Crippen molar-refractivity contribution in [3.8, 4) is 0 Å². The summed E-state index contributed by atoms with van der Waals surface area (Å²) in [6, 6.07) is 0. The third-order valence-electron chi connectivity index (χ3n) is 4.63. The Morgan fingerprint density at radius 3 is 2.42 bits per heavy atom. The summed E-state index contributed by atoms with van der Waals surface area (Å²) in [6.07, 6.45) is 4.06. The molecule has 1 aromatic heterocycles. The maximum absolute atomic E-state index is 12.2. The molecule has 0 saturated carbocycles. The number of aliphatic imine (C=N–C) groups is 1. The van der Waals surface area contributed by atoms with Gasteiger partial charge in [-0.1, -0.05) is 13.8 Å². The van der Waals surface area contributed by atoms with Crippen molar-refractivity contribution in [2.75, 3.05) is 26.2 Å². The van der Waals surface area contributed by atoms with E-state index in [1.807, 2.05) is 23.6 Å². The summed E-state index contributed by atoms with van der Waals surface area (Å²) in [5, 5.41) is 11.0. The van der Waals surface area contributed by atoms with E-state index in [0.717, 1.165) is 51.0 Å². The molecule has 1 aliphatic rings. The van der Waals surface area contributed by atoms with Crippen molar-refractivity contribution in [2.45, 2.75) is 53.0 Å². The molecule has 0 spiro atoms. The van der Waals surface area contributed by atoms with Crippen LogP contribution in [0.25, 0.3) is 0 Å². The number of carbonyl (C=O) groups excluding carboxylic acids is 1. The highest BCUT2D eigenvalue weighted by molar-refractivity contribution is 14.0. The number of halogens is 1. The Balaban J connectivity index is 0.00000338. The van der Waals surface area contributed by atoms with Crippen LogP contribution in [0.3, 0.4) is 0 Å². The molecule has 0 unspecified atom stereocenters. The largest absolute Gasteiger partial charge is 0.357 e. The number of rotatable bonds is 7. The fourth-order valence-electron chi connectivity index (χ4n) is 3.31. The van der Waals surface area contributed by atoms with Crippen molar-refractivity contribution in [2.24, 2.45) is 12.0 Å². The Morgan fingerprint density at radius 2 is 1.85 bits per heavy atom. The molecule has 1 fully saturated rings. The van der Waals surface area contributed by atoms with Crippen LogP contribution in [0.15, 0.2) is 4.99 Å². The van der Waals surface area contributed by atoms with Gasteiger partial charge in [0.05, 0.1) is 18.8 Å². The summed E-state index contributed by atoms with van der Waals surface area (Å²) in [5.74, 6) is 0.830. The van der Waals surface area contributed by atoms with Crippen molar-refractivity contribution < 1.29 is 4.79 Å². The summed E-state index contributed by atoms with van der Waals surface area (Å²) >= 11 is 0. The molecule has 0 aliphatic carbocycles. The minimum atomic E-state index is 0. The van der Waals surface area contributed by atoms with Gasteiger partial charge in [-0.15, -0.1) is 24.0 Å². The highest BCUT2D eigenvalue weighted by atomic mass is 127. The number of aryl methyl sites for hydroxylation is 2. The van der Waals surface area contributed by atoms with Crippen LogP contribution >= 0.6 is 24.0 Å². The fourth-order valence-corrected chi connectivity index (χ4v) is 3.31. The van der Waals surface area contributed by atoms with Crippen LogP contribution in [0.4, 0.5) is 0 Å². The van der Waals surface area contributed by atoms with Crippen molar-refractivity contribution in [1.29, 1.82) is 0 Å². The molecule has 2 N–H and O–H groups in total. The Hall–Kier alpha value is -1.32. The van der Waals surface area contributed by atoms with E-state index in [0.29, 0.717) is 19.0 Å². The third-order valence-corrected chi connectivity index (χ3v) is 4.63. The lowest BCUT2D eigenvalue weighted by Gasteiger charge is -2.17. The minimum absolute atomic E-state index is 0. The number of amides is 1. The predicted octanol–water partition coefficient (Wildman–Crippen LogP) is 1.84. The highest BCUT2D eigenvalue weighted by Gasteiger charge is 2.18. The molecule has 8 heteroatoms. The number of carbonyl (C=O) groups is 1. The maximum Gasteiger partial charge on any atom is 0.241 e. The first-order valence-electron chi connectivity index (χ1n) is 9.44. The maximum atomic E-state index is 12.2. The molecule has 0 aromatic carbocycles. The SMILES string of the molecule is CCNC(=NCc1c(CC)nn(C)c1CC)NCC(=O)N1CCCC1.I. The summed E-state index contributed by atoms with van der Waals surface area (Å²) in [4.78, 5) is 18.8. The molecule has 148 valence electrons. The second-order valence-electron chi connectivity index (χ2n) is 6.34. The lowest BCUT2D eigenvalue weighted by molar-refractivity contribution is -0.128. The smallest absolute Gasteiger partial charge is 0.241 e. The fraction of sp³-hybridized carbons (Fsp3) is 0.722. The number of likely N-dealkylation sites (tertiary alicyclic amines) is 1. The summed E-state index contributed by atoms with van der Waals surface area (Å²) in [5.41, 5.74) is 3.53. The predicted molar refractivity (Wildman–Crippen MR) is 116 cm³/mol. The molecule has 0 bridgehead atoms. The molecular formula is C18H33IN6O. The van der Waals surface area contributed by atoms with E-state index in [2.05, 4.69) is 34.6 Å². The van der Waals surface area contributed by atoms with E-state index < -0.39 is 0 Å². The van der Waals surface area contributed by atoms with Crippen molar-refractivity contribution in [3.05, 3.63) is 17.0 Å². The normalized spacial score (nSPS) is 14.3. The van der Waals surface area contributed by atoms with Crippen molar-refractivity contribution in [3.63, 3.8) is 0 Å². The number of nitrogens with zero attached hydrogens (tertiary/aromatic N) is 4. The average Bonchev–Trinajstić information content (AvgIpc) is 3.24. The summed E-state index contributed by atoms with van der Waals surface area (Å²) in [7, 11) is 1.99. The second-order valence-corrected chi connectivity index (χ2v) is 6.34. The third kappa shape index (κ3) is 5.85. The Kier molecular flexibility index (Phi) is 9.97. The standard InChI is InChI=1S/C18H32N6O.HI/c1-5-15-14(16(6-2)23(4)22-15)12-20-18(19-7-3)21-13-17(25)24-10-8-9-11-24;/h5-13H2,1-4H3,(H2,19,20,21);1H. The number of nitrogens with one attached hydrogen (secondary N) is 2. The van der Waals surface area contributed by atoms with Crippen LogP contribution in [0, 0.1) is 0 Å². The van der Waals surface area contributed by atoms with E-state index in [4.69, 9.17) is 0 Å². The van der Waals surface area contributed by atoms with Crippen molar-refractivity contribution >= 4 is 35.8 Å². The van der Waals surface area contributed by atoms with Gasteiger partial charge >= 0.3 is 0 Å². The van der Waals surface area contributed by atoms with E-state index in [1.54, 1.807) is 0 Å². The van der Waals surface area contributed by atoms with Gasteiger partial charge in [-0.25, -0.2) is 4.99 Å². The van der Waals surface area contributed by atoms with Gasteiger partial charge in [-0.3, -0.25) is 9.48 Å². The lowest BCUT2D eigenvalue weighted by Crippen LogP contribution is -2.44. The number of aromatic nitrogens is 2. The molecule has 1 aromatic rings. The number of guanidine groups is 1. The molecule has 1 aliphatic heterocycles. The Morgan fingerprint density at radius 1 is 1.15 bits per heavy atom. The monoisotopic (exact) mass is 476 g/mol. The molecule has 0 atom stereocenters. The molecule has 1 saturated heterocycles. The van der Waals surface area contributed by atoms with Crippen molar-refractivity contribution in [1.82, 2.24) is 25.3 Å². The first-order valence-corrected chi connectivity index (χ1v) is 9.44. The molecule has 7 nitrogen and oxygen atoms in total. The van der Waals surface area contributed by atoms with Crippen LogP contribution < -0.4 is 10.6 Å². The Bertz CT molecular complexity index is 607. The number of hydrogen-bond acceptors (Lipinski definition) is 3. The molecular weight excluding hydrogens is 443 g/mol. The van der Waals surface area contributed by atoms with Crippen LogP contribution in [-0.2, 0) is 31.2 Å². The van der Waals surface area contributed by atoms with E-state index in [1.165, 1.54) is 11.3 Å². The average molecular weight is 476 g/mol. The van der Waals surface area contributed by atoms with Crippen LogP contribution in [0.2, 0.25) is 0 Å². The van der Waals surface area contributed by atoms with E-state index >= 15 is 0 Å². The highest BCUT2D eigenvalue weighted by Crippen LogP contribution is 2.16. The summed E-state index contributed by atoms with van der Waals surface area (Å²) in [6.45, 7) is 9.67. The Labute approximate surface area is 174 Å². The minimum Gasteiger partial charge on any atom is -0.357 e. The van der Waals surface area contributed by atoms with E-state index in [9.17, 15) is 4.79 Å². The van der Waals surface area contributed by atoms with E-state index in [-0.39, 0.29) is 29.9 Å². The van der Waals surface area contributed by atoms with Gasteiger partial charge in [0.2, 0.25) is 5.91 Å². The van der Waals surface area contributed by atoms with Crippen LogP contribution in [0.5, 0.6) is 0 Å². The summed E-state index contributed by atoms with van der Waals surface area (Å²) < 4.78 is 1.96. The van der Waals surface area contributed by atoms with Gasteiger partial charge in [-0.05, 0) is 32.6 Å². The zero-order valence-corrected chi connectivity index (χ0v) is 18.8. The molecule has 26 heavy (non-hydrogen) atoms. The van der Waals surface area contributed by atoms with Gasteiger partial charge in [0.1, 0.15) is 0 Å². The quantitative estimate of drug-likeness (QED) is 0.358. The molecule has 2 rings (SSSR count). The lowest BCUT2D eigenvalue weighted by atomic mass is 10.1. The zero-order chi connectivity index (χ0) is 18.2. The molecule has 2 heterocycles. The first kappa shape index (κ1) is 22.7. The zero-order valence-electron chi connectivity index (χ0n) is 16.5. The van der Waals surface area contributed by atoms with Crippen LogP contribution in [-0.4, -0.2) is 52.7 Å². The molecule has 1 amide bonds. The molecule has 0 radical (unpaired) electrons. The van der Waals surface area contributed by atoms with Gasteiger partial charge in [0.25, 0.3) is 0 Å². The van der Waals surface area contributed by atoms with Crippen LogP contribution in [0.1, 0.15) is 50.6 Å². The second kappa shape index (κ2) is 11.4. The number of hydrogen-bond donors (Lipinski definition) is 2. The topological polar surface area (TPSA) is 74.5 Å². The van der Waals surface area contributed by atoms with Gasteiger partial charge in [0.15, 0.2) is 5.96 Å². The van der Waals surface area contributed by atoms with Gasteiger partial charge in [-0.2, -0.15) is 5.10 Å². The van der Waals surface area contributed by atoms with Gasteiger partial charge in [0, 0.05) is 37.9 Å². The first-order chi connectivity index (χ1) is 12.1. The van der Waals surface area contributed by atoms with Gasteiger partial charge < -0.3 is 15.5 Å².